The van der Waals surface area contributed by atoms with Crippen LogP contribution in [0, 0.1) is 11.3 Å². The Morgan fingerprint density at radius 1 is 1.67 bits per heavy atom. The highest BCUT2D eigenvalue weighted by molar-refractivity contribution is 8.02. The number of halogens is 1. The molecule has 0 saturated carbocycles. The van der Waals surface area contributed by atoms with Gasteiger partial charge in [0.15, 0.2) is 0 Å². The number of hydrogen-bond donors (Lipinski definition) is 0. The van der Waals surface area contributed by atoms with Crippen molar-refractivity contribution in [3.05, 3.63) is 0 Å². The van der Waals surface area contributed by atoms with E-state index in [0.717, 1.165) is 0 Å². The van der Waals surface area contributed by atoms with Crippen molar-refractivity contribution in [3.63, 3.8) is 0 Å². The molecular weight excluding hydrogens is 154 g/mol. The van der Waals surface area contributed by atoms with Crippen molar-refractivity contribution in [2.45, 2.75) is 30.2 Å². The third kappa shape index (κ3) is 4.62. The fourth-order valence-electron chi connectivity index (χ4n) is 0.432. The number of nitrogens with zero attached hydrogens (tertiary/aromatic N) is 1. The molecule has 0 aliphatic heterocycles. The first-order valence-electron chi connectivity index (χ1n) is 2.71. The predicted molar refractivity (Wildman–Crippen MR) is 42.6 cm³/mol. The Hall–Kier alpha value is 0.130. The van der Waals surface area contributed by atoms with Gasteiger partial charge in [0.1, 0.15) is 0 Å². The first-order chi connectivity index (χ1) is 3.98. The van der Waals surface area contributed by atoms with Gasteiger partial charge in [-0.2, -0.15) is 5.26 Å². The Labute approximate surface area is 65.4 Å². The quantitative estimate of drug-likeness (QED) is 0.585. The van der Waals surface area contributed by atoms with Crippen molar-refractivity contribution in [2.75, 3.05) is 0 Å². The second-order valence-corrected chi connectivity index (χ2v) is 5.16. The van der Waals surface area contributed by atoms with Gasteiger partial charge in [-0.3, -0.25) is 0 Å². The maximum atomic E-state index is 8.51. The van der Waals surface area contributed by atoms with Crippen molar-refractivity contribution in [2.24, 2.45) is 0 Å². The van der Waals surface area contributed by atoms with Crippen molar-refractivity contribution in [3.8, 4) is 6.07 Å². The summed E-state index contributed by atoms with van der Waals surface area (Å²) in [7, 11) is 0. The summed E-state index contributed by atoms with van der Waals surface area (Å²) < 4.78 is -0.333. The van der Waals surface area contributed by atoms with E-state index in [4.69, 9.17) is 16.9 Å². The maximum Gasteiger partial charge on any atom is 0.0982 e. The fourth-order valence-corrected chi connectivity index (χ4v) is 1.97. The van der Waals surface area contributed by atoms with Gasteiger partial charge in [-0.25, -0.2) is 0 Å². The van der Waals surface area contributed by atoms with E-state index in [9.17, 15) is 0 Å². The summed E-state index contributed by atoms with van der Waals surface area (Å²) in [5.41, 5.74) is 0. The molecule has 3 heteroatoms. The van der Waals surface area contributed by atoms with Gasteiger partial charge in [-0.05, 0) is 20.8 Å². The van der Waals surface area contributed by atoms with Crippen molar-refractivity contribution in [1.29, 1.82) is 5.26 Å². The van der Waals surface area contributed by atoms with Gasteiger partial charge in [0, 0.05) is 0 Å². The number of hydrogen-bond acceptors (Lipinski definition) is 2. The molecule has 0 N–H and O–H groups in total. The van der Waals surface area contributed by atoms with Gasteiger partial charge in [0.2, 0.25) is 0 Å². The fraction of sp³-hybridized carbons (Fsp3) is 0.833. The SMILES string of the molecule is CC(Cl)SC(C)(C)C#N. The molecule has 0 aliphatic carbocycles. The zero-order valence-corrected chi connectivity index (χ0v) is 7.38. The highest BCUT2D eigenvalue weighted by Crippen LogP contribution is 2.29. The molecule has 1 atom stereocenters. The first kappa shape index (κ1) is 9.13. The van der Waals surface area contributed by atoms with Crippen LogP contribution >= 0.6 is 23.4 Å². The Morgan fingerprint density at radius 3 is 2.22 bits per heavy atom. The molecular formula is C6H10ClNS. The van der Waals surface area contributed by atoms with Crippen LogP contribution in [0.4, 0.5) is 0 Å². The third-order valence-corrected chi connectivity index (χ3v) is 2.00. The first-order valence-corrected chi connectivity index (χ1v) is 4.03. The molecule has 0 spiro atoms. The summed E-state index contributed by atoms with van der Waals surface area (Å²) in [6.07, 6.45) is 0. The van der Waals surface area contributed by atoms with Crippen LogP contribution in [0.5, 0.6) is 0 Å². The van der Waals surface area contributed by atoms with Crippen LogP contribution in [-0.4, -0.2) is 9.46 Å². The standard InChI is InChI=1S/C6H10ClNS/c1-5(7)9-6(2,3)4-8/h5H,1-3H3. The van der Waals surface area contributed by atoms with Crippen LogP contribution in [-0.2, 0) is 0 Å². The molecule has 0 radical (unpaired) electrons. The van der Waals surface area contributed by atoms with Crippen molar-refractivity contribution in [1.82, 2.24) is 0 Å². The van der Waals surface area contributed by atoms with Crippen LogP contribution in [0.2, 0.25) is 0 Å². The van der Waals surface area contributed by atoms with E-state index in [1.165, 1.54) is 11.8 Å². The summed E-state index contributed by atoms with van der Waals surface area (Å²) in [5, 5.41) is 8.51. The Morgan fingerprint density at radius 2 is 2.11 bits per heavy atom. The number of alkyl halides is 1. The van der Waals surface area contributed by atoms with E-state index < -0.39 is 0 Å². The number of thioether (sulfide) groups is 1. The van der Waals surface area contributed by atoms with Crippen LogP contribution < -0.4 is 0 Å². The minimum Gasteiger partial charge on any atom is -0.197 e. The number of nitriles is 1. The lowest BCUT2D eigenvalue weighted by atomic mass is 10.2. The lowest BCUT2D eigenvalue weighted by Crippen LogP contribution is -2.12. The predicted octanol–water partition coefficient (Wildman–Crippen LogP) is 2.61. The summed E-state index contributed by atoms with van der Waals surface area (Å²) in [4.78, 5) is 0. The molecule has 52 valence electrons. The molecule has 0 aliphatic rings. The lowest BCUT2D eigenvalue weighted by molar-refractivity contribution is 0.911. The molecule has 0 aromatic rings. The third-order valence-electron chi connectivity index (χ3n) is 0.726. The van der Waals surface area contributed by atoms with Crippen molar-refractivity contribution >= 4 is 23.4 Å². The normalized spacial score (nSPS) is 14.6. The van der Waals surface area contributed by atoms with Gasteiger partial charge in [-0.15, -0.1) is 23.4 Å². The molecule has 0 amide bonds. The summed E-state index contributed by atoms with van der Waals surface area (Å²) in [6, 6.07) is 2.15. The van der Waals surface area contributed by atoms with Crippen LogP contribution in [0.3, 0.4) is 0 Å². The molecule has 9 heavy (non-hydrogen) atoms. The summed E-state index contributed by atoms with van der Waals surface area (Å²) in [5.74, 6) is 0. The van der Waals surface area contributed by atoms with Gasteiger partial charge in [0.25, 0.3) is 0 Å². The molecule has 0 heterocycles. The van der Waals surface area contributed by atoms with E-state index in [1.54, 1.807) is 0 Å². The van der Waals surface area contributed by atoms with Crippen LogP contribution in [0.1, 0.15) is 20.8 Å². The highest BCUT2D eigenvalue weighted by atomic mass is 35.5. The molecule has 0 aromatic heterocycles. The van der Waals surface area contributed by atoms with E-state index >= 15 is 0 Å². The molecule has 1 unspecified atom stereocenters. The summed E-state index contributed by atoms with van der Waals surface area (Å²) in [6.45, 7) is 5.58. The van der Waals surface area contributed by atoms with Gasteiger partial charge in [0.05, 0.1) is 15.5 Å². The van der Waals surface area contributed by atoms with Gasteiger partial charge < -0.3 is 0 Å². The van der Waals surface area contributed by atoms with Crippen LogP contribution in [0.15, 0.2) is 0 Å². The topological polar surface area (TPSA) is 23.8 Å². The Bertz CT molecular complexity index is 126. The average molecular weight is 164 g/mol. The van der Waals surface area contributed by atoms with E-state index in [2.05, 4.69) is 6.07 Å². The average Bonchev–Trinajstić information content (AvgIpc) is 1.63. The second kappa shape index (κ2) is 3.34. The molecule has 0 saturated heterocycles. The van der Waals surface area contributed by atoms with Crippen LogP contribution in [0.25, 0.3) is 0 Å². The smallest absolute Gasteiger partial charge is 0.0982 e. The van der Waals surface area contributed by atoms with E-state index in [1.807, 2.05) is 20.8 Å². The largest absolute Gasteiger partial charge is 0.197 e. The summed E-state index contributed by atoms with van der Waals surface area (Å²) >= 11 is 7.11. The molecule has 0 rings (SSSR count). The molecule has 1 nitrogen and oxygen atoms in total. The molecule has 0 fully saturated rings. The minimum absolute atomic E-state index is 0.0136. The number of rotatable bonds is 2. The van der Waals surface area contributed by atoms with E-state index in [0.29, 0.717) is 0 Å². The van der Waals surface area contributed by atoms with Crippen molar-refractivity contribution < 1.29 is 0 Å². The molecule has 0 aromatic carbocycles. The Balaban J connectivity index is 3.76. The maximum absolute atomic E-state index is 8.51. The molecule has 0 bridgehead atoms. The minimum atomic E-state index is -0.346. The van der Waals surface area contributed by atoms with E-state index in [-0.39, 0.29) is 9.46 Å². The second-order valence-electron chi connectivity index (χ2n) is 2.28. The van der Waals surface area contributed by atoms with Gasteiger partial charge in [-0.1, -0.05) is 0 Å². The highest BCUT2D eigenvalue weighted by Gasteiger charge is 2.19. The zero-order chi connectivity index (χ0) is 7.49. The monoisotopic (exact) mass is 163 g/mol. The lowest BCUT2D eigenvalue weighted by Gasteiger charge is -2.15. The van der Waals surface area contributed by atoms with Gasteiger partial charge >= 0.3 is 0 Å². The zero-order valence-electron chi connectivity index (χ0n) is 5.81. The Kier molecular flexibility index (Phi) is 3.38.